The largest absolute Gasteiger partial charge is 0.381 e. The molecule has 2 aromatic rings. The number of sulfonamides is 1. The van der Waals surface area contributed by atoms with E-state index in [2.05, 4.69) is 17.2 Å². The molecule has 0 aliphatic carbocycles. The molecule has 0 unspecified atom stereocenters. The first-order valence-electron chi connectivity index (χ1n) is 6.84. The van der Waals surface area contributed by atoms with Crippen molar-refractivity contribution in [3.63, 3.8) is 0 Å². The van der Waals surface area contributed by atoms with Crippen molar-refractivity contribution in [3.05, 3.63) is 41.6 Å². The second-order valence-corrected chi connectivity index (χ2v) is 7.13. The minimum Gasteiger partial charge on any atom is -0.381 e. The lowest BCUT2D eigenvalue weighted by Gasteiger charge is -2.19. The maximum absolute atomic E-state index is 12.7. The van der Waals surface area contributed by atoms with Gasteiger partial charge < -0.3 is 5.73 Å². The summed E-state index contributed by atoms with van der Waals surface area (Å²) >= 11 is 0. The van der Waals surface area contributed by atoms with Crippen LogP contribution in [0, 0.1) is 0 Å². The number of anilines is 1. The van der Waals surface area contributed by atoms with Gasteiger partial charge in [0.05, 0.1) is 0 Å². The summed E-state index contributed by atoms with van der Waals surface area (Å²) in [5, 5.41) is 3.92. The Morgan fingerprint density at radius 3 is 2.19 bits per heavy atom. The number of hydrogen-bond donors (Lipinski definition) is 1. The number of aromatic nitrogens is 2. The smallest absolute Gasteiger partial charge is 0.248 e. The predicted octanol–water partition coefficient (Wildman–Crippen LogP) is 0.792. The first-order chi connectivity index (χ1) is 9.98. The highest BCUT2D eigenvalue weighted by Gasteiger charge is 2.29. The highest BCUT2D eigenvalue weighted by atomic mass is 32.2. The lowest BCUT2D eigenvalue weighted by molar-refractivity contribution is 0.427. The number of nitrogen functional groups attached to an aromatic ring is 1. The Balaban J connectivity index is 1.90. The third kappa shape index (κ3) is 2.54. The van der Waals surface area contributed by atoms with Crippen molar-refractivity contribution in [2.24, 2.45) is 7.05 Å². The Labute approximate surface area is 124 Å². The van der Waals surface area contributed by atoms with Gasteiger partial charge in [0.25, 0.3) is 0 Å². The molecule has 0 saturated carbocycles. The van der Waals surface area contributed by atoms with E-state index in [1.165, 1.54) is 26.3 Å². The fraction of sp³-hybridized carbons (Fsp3) is 0.357. The van der Waals surface area contributed by atoms with Gasteiger partial charge in [-0.15, -0.1) is 0 Å². The standard InChI is InChI=1S/C14H18N4O2S/c1-17-10-13(14(15)16-17)21(19,20)18-8-6-11-4-2-3-5-12(11)7-9-18/h2-5,10H,6-9H2,1H3,(H2,15,16). The maximum Gasteiger partial charge on any atom is 0.248 e. The van der Waals surface area contributed by atoms with Crippen LogP contribution in [0.1, 0.15) is 11.1 Å². The van der Waals surface area contributed by atoms with Gasteiger partial charge in [0, 0.05) is 26.3 Å². The third-order valence-corrected chi connectivity index (χ3v) is 5.73. The van der Waals surface area contributed by atoms with Crippen LogP contribution in [0.25, 0.3) is 0 Å². The number of benzene rings is 1. The highest BCUT2D eigenvalue weighted by molar-refractivity contribution is 7.89. The molecule has 0 saturated heterocycles. The minimum absolute atomic E-state index is 0.0549. The van der Waals surface area contributed by atoms with E-state index in [1.807, 2.05) is 12.1 Å². The fourth-order valence-electron chi connectivity index (χ4n) is 2.71. The summed E-state index contributed by atoms with van der Waals surface area (Å²) in [6, 6.07) is 8.10. The van der Waals surface area contributed by atoms with Crippen LogP contribution in [0.15, 0.2) is 35.4 Å². The van der Waals surface area contributed by atoms with E-state index in [1.54, 1.807) is 7.05 Å². The van der Waals surface area contributed by atoms with Gasteiger partial charge in [-0.1, -0.05) is 24.3 Å². The van der Waals surface area contributed by atoms with E-state index < -0.39 is 10.0 Å². The zero-order valence-corrected chi connectivity index (χ0v) is 12.7. The number of fused-ring (bicyclic) bond motifs is 1. The Kier molecular flexibility index (Phi) is 3.46. The summed E-state index contributed by atoms with van der Waals surface area (Å²) < 4.78 is 28.4. The van der Waals surface area contributed by atoms with E-state index in [4.69, 9.17) is 5.73 Å². The summed E-state index contributed by atoms with van der Waals surface area (Å²) in [5.74, 6) is 0.0549. The topological polar surface area (TPSA) is 81.2 Å². The quantitative estimate of drug-likeness (QED) is 0.889. The van der Waals surface area contributed by atoms with Gasteiger partial charge in [-0.25, -0.2) is 8.42 Å². The van der Waals surface area contributed by atoms with Crippen LogP contribution >= 0.6 is 0 Å². The third-order valence-electron chi connectivity index (χ3n) is 3.82. The highest BCUT2D eigenvalue weighted by Crippen LogP contribution is 2.24. The van der Waals surface area contributed by atoms with Gasteiger partial charge in [0.1, 0.15) is 4.90 Å². The molecular weight excluding hydrogens is 288 g/mol. The van der Waals surface area contributed by atoms with Crippen molar-refractivity contribution >= 4 is 15.8 Å². The Morgan fingerprint density at radius 1 is 1.14 bits per heavy atom. The van der Waals surface area contributed by atoms with Gasteiger partial charge in [-0.3, -0.25) is 4.68 Å². The number of nitrogens with zero attached hydrogens (tertiary/aromatic N) is 3. The Morgan fingerprint density at radius 2 is 1.71 bits per heavy atom. The molecule has 0 amide bonds. The average Bonchev–Trinajstić information content (AvgIpc) is 2.68. The lowest BCUT2D eigenvalue weighted by Crippen LogP contribution is -2.33. The SMILES string of the molecule is Cn1cc(S(=O)(=O)N2CCc3ccccc3CC2)c(N)n1. The molecule has 0 atom stereocenters. The van der Waals surface area contributed by atoms with Gasteiger partial charge in [0.2, 0.25) is 10.0 Å². The number of nitrogens with two attached hydrogens (primary N) is 1. The van der Waals surface area contributed by atoms with E-state index in [0.29, 0.717) is 13.1 Å². The van der Waals surface area contributed by atoms with Crippen LogP contribution in [-0.2, 0) is 29.9 Å². The zero-order chi connectivity index (χ0) is 15.0. The molecule has 1 aromatic carbocycles. The molecule has 1 aromatic heterocycles. The molecule has 0 radical (unpaired) electrons. The predicted molar refractivity (Wildman–Crippen MR) is 80.2 cm³/mol. The molecule has 3 rings (SSSR count). The molecule has 0 fully saturated rings. The van der Waals surface area contributed by atoms with Crippen molar-refractivity contribution in [3.8, 4) is 0 Å². The maximum atomic E-state index is 12.7. The summed E-state index contributed by atoms with van der Waals surface area (Å²) in [5.41, 5.74) is 8.15. The Bertz CT molecular complexity index is 740. The van der Waals surface area contributed by atoms with Crippen LogP contribution in [-0.4, -0.2) is 35.6 Å². The minimum atomic E-state index is -3.59. The average molecular weight is 306 g/mol. The van der Waals surface area contributed by atoms with Crippen molar-refractivity contribution < 1.29 is 8.42 Å². The number of rotatable bonds is 2. The summed E-state index contributed by atoms with van der Waals surface area (Å²) in [6.45, 7) is 0.932. The molecule has 6 nitrogen and oxygen atoms in total. The van der Waals surface area contributed by atoms with E-state index >= 15 is 0 Å². The molecule has 2 heterocycles. The normalized spacial score (nSPS) is 16.4. The summed E-state index contributed by atoms with van der Waals surface area (Å²) in [4.78, 5) is 0.0935. The molecule has 7 heteroatoms. The molecule has 0 bridgehead atoms. The molecular formula is C14H18N4O2S. The second kappa shape index (κ2) is 5.16. The van der Waals surface area contributed by atoms with Crippen molar-refractivity contribution in [2.75, 3.05) is 18.8 Å². The summed E-state index contributed by atoms with van der Waals surface area (Å²) in [6.07, 6.45) is 2.90. The molecule has 112 valence electrons. The zero-order valence-electron chi connectivity index (χ0n) is 11.9. The van der Waals surface area contributed by atoms with Crippen molar-refractivity contribution in [1.29, 1.82) is 0 Å². The molecule has 1 aliphatic heterocycles. The van der Waals surface area contributed by atoms with E-state index in [0.717, 1.165) is 12.8 Å². The van der Waals surface area contributed by atoms with Gasteiger partial charge in [-0.2, -0.15) is 9.40 Å². The summed E-state index contributed by atoms with van der Waals surface area (Å²) in [7, 11) is -1.93. The van der Waals surface area contributed by atoms with Crippen LogP contribution in [0.4, 0.5) is 5.82 Å². The van der Waals surface area contributed by atoms with Crippen LogP contribution in [0.5, 0.6) is 0 Å². The van der Waals surface area contributed by atoms with Crippen LogP contribution in [0.2, 0.25) is 0 Å². The number of aryl methyl sites for hydroxylation is 1. The van der Waals surface area contributed by atoms with Crippen molar-refractivity contribution in [1.82, 2.24) is 14.1 Å². The first-order valence-corrected chi connectivity index (χ1v) is 8.28. The fourth-order valence-corrected chi connectivity index (χ4v) is 4.24. The van der Waals surface area contributed by atoms with Crippen LogP contribution < -0.4 is 5.73 Å². The van der Waals surface area contributed by atoms with Gasteiger partial charge in [-0.05, 0) is 24.0 Å². The monoisotopic (exact) mass is 306 g/mol. The first kappa shape index (κ1) is 14.1. The molecule has 1 aliphatic rings. The molecule has 0 spiro atoms. The lowest BCUT2D eigenvalue weighted by atomic mass is 10.0. The molecule has 2 N–H and O–H groups in total. The van der Waals surface area contributed by atoms with Gasteiger partial charge >= 0.3 is 0 Å². The van der Waals surface area contributed by atoms with E-state index in [-0.39, 0.29) is 10.7 Å². The number of hydrogen-bond acceptors (Lipinski definition) is 4. The van der Waals surface area contributed by atoms with E-state index in [9.17, 15) is 8.42 Å². The Hall–Kier alpha value is -1.86. The second-order valence-electron chi connectivity index (χ2n) is 5.23. The van der Waals surface area contributed by atoms with Crippen LogP contribution in [0.3, 0.4) is 0 Å². The van der Waals surface area contributed by atoms with Gasteiger partial charge in [0.15, 0.2) is 5.82 Å². The molecule has 21 heavy (non-hydrogen) atoms. The van der Waals surface area contributed by atoms with Crippen molar-refractivity contribution in [2.45, 2.75) is 17.7 Å².